The van der Waals surface area contributed by atoms with E-state index in [2.05, 4.69) is 9.72 Å². The minimum absolute atomic E-state index is 0.0305. The number of rotatable bonds is 4. The second-order valence-corrected chi connectivity index (χ2v) is 3.22. The number of ether oxygens (including phenoxy) is 1. The predicted octanol–water partition coefficient (Wildman–Crippen LogP) is 2.08. The number of hydrogen-bond donors (Lipinski definition) is 1. The molecule has 0 atom stereocenters. The summed E-state index contributed by atoms with van der Waals surface area (Å²) >= 11 is 0. The first kappa shape index (κ1) is 12.8. The van der Waals surface area contributed by atoms with Gasteiger partial charge in [-0.3, -0.25) is 0 Å². The predicted molar refractivity (Wildman–Crippen MR) is 51.1 cm³/mol. The summed E-state index contributed by atoms with van der Waals surface area (Å²) in [5, 5.41) is 8.85. The van der Waals surface area contributed by atoms with Crippen LogP contribution in [0.1, 0.15) is 18.1 Å². The molecular formula is C10H12F3NO2. The molecule has 1 aromatic rings. The maximum atomic E-state index is 11.9. The van der Waals surface area contributed by atoms with Crippen LogP contribution < -0.4 is 4.74 Å². The second kappa shape index (κ2) is 5.16. The van der Waals surface area contributed by atoms with Crippen LogP contribution in [-0.2, 0) is 13.0 Å². The van der Waals surface area contributed by atoms with E-state index in [1.807, 2.05) is 0 Å². The smallest absolute Gasteiger partial charge is 0.422 e. The van der Waals surface area contributed by atoms with Gasteiger partial charge in [0.2, 0.25) is 5.88 Å². The van der Waals surface area contributed by atoms with Crippen LogP contribution in [0, 0.1) is 0 Å². The van der Waals surface area contributed by atoms with Gasteiger partial charge in [0.05, 0.1) is 6.61 Å². The molecule has 0 radical (unpaired) electrons. The van der Waals surface area contributed by atoms with Gasteiger partial charge in [0.25, 0.3) is 0 Å². The van der Waals surface area contributed by atoms with Gasteiger partial charge in [0, 0.05) is 11.8 Å². The zero-order chi connectivity index (χ0) is 12.2. The molecule has 0 saturated carbocycles. The van der Waals surface area contributed by atoms with Gasteiger partial charge in [0.1, 0.15) is 0 Å². The average molecular weight is 235 g/mol. The van der Waals surface area contributed by atoms with Gasteiger partial charge in [-0.25, -0.2) is 4.98 Å². The number of alkyl halides is 3. The quantitative estimate of drug-likeness (QED) is 0.868. The third-order valence-corrected chi connectivity index (χ3v) is 1.92. The van der Waals surface area contributed by atoms with Crippen molar-refractivity contribution in [3.8, 4) is 5.88 Å². The van der Waals surface area contributed by atoms with E-state index in [1.54, 1.807) is 13.0 Å². The van der Waals surface area contributed by atoms with Crippen LogP contribution in [0.5, 0.6) is 5.88 Å². The largest absolute Gasteiger partial charge is 0.468 e. The first-order chi connectivity index (χ1) is 7.46. The Morgan fingerprint density at radius 3 is 2.62 bits per heavy atom. The van der Waals surface area contributed by atoms with Crippen molar-refractivity contribution in [1.29, 1.82) is 0 Å². The molecule has 1 N–H and O–H groups in total. The molecule has 1 rings (SSSR count). The highest BCUT2D eigenvalue weighted by Gasteiger charge is 2.29. The van der Waals surface area contributed by atoms with Crippen molar-refractivity contribution in [1.82, 2.24) is 4.98 Å². The van der Waals surface area contributed by atoms with Gasteiger partial charge >= 0.3 is 6.18 Å². The Kier molecular flexibility index (Phi) is 4.12. The summed E-state index contributed by atoms with van der Waals surface area (Å²) in [5.41, 5.74) is 1.10. The molecule has 0 fully saturated rings. The Bertz CT molecular complexity index is 352. The van der Waals surface area contributed by atoms with E-state index < -0.39 is 12.8 Å². The molecule has 0 spiro atoms. The van der Waals surface area contributed by atoms with Crippen molar-refractivity contribution in [2.45, 2.75) is 26.1 Å². The Morgan fingerprint density at radius 2 is 2.12 bits per heavy atom. The lowest BCUT2D eigenvalue weighted by Crippen LogP contribution is -2.20. The summed E-state index contributed by atoms with van der Waals surface area (Å²) in [6.07, 6.45) is -2.58. The maximum Gasteiger partial charge on any atom is 0.422 e. The van der Waals surface area contributed by atoms with E-state index in [0.29, 0.717) is 17.5 Å². The van der Waals surface area contributed by atoms with Crippen LogP contribution >= 0.6 is 0 Å². The number of hydrogen-bond acceptors (Lipinski definition) is 3. The van der Waals surface area contributed by atoms with Crippen molar-refractivity contribution in [3.05, 3.63) is 23.4 Å². The standard InChI is InChI=1S/C10H12F3NO2/c1-2-8-3-7(5-15)4-14-9(8)16-6-10(11,12)13/h3-4,15H,2,5-6H2,1H3. The first-order valence-electron chi connectivity index (χ1n) is 4.74. The third kappa shape index (κ3) is 3.69. The summed E-state index contributed by atoms with van der Waals surface area (Å²) in [6.45, 7) is 0.226. The maximum absolute atomic E-state index is 11.9. The molecule has 1 heterocycles. The molecular weight excluding hydrogens is 223 g/mol. The van der Waals surface area contributed by atoms with Crippen molar-refractivity contribution in [3.63, 3.8) is 0 Å². The lowest BCUT2D eigenvalue weighted by molar-refractivity contribution is -0.154. The van der Waals surface area contributed by atoms with Crippen LogP contribution in [0.25, 0.3) is 0 Å². The van der Waals surface area contributed by atoms with Crippen LogP contribution in [-0.4, -0.2) is 22.9 Å². The highest BCUT2D eigenvalue weighted by atomic mass is 19.4. The fourth-order valence-electron chi connectivity index (χ4n) is 1.17. The van der Waals surface area contributed by atoms with Crippen LogP contribution in [0.4, 0.5) is 13.2 Å². The minimum atomic E-state index is -4.37. The molecule has 1 aromatic heterocycles. The fourth-order valence-corrected chi connectivity index (χ4v) is 1.17. The topological polar surface area (TPSA) is 42.4 Å². The summed E-state index contributed by atoms with van der Waals surface area (Å²) in [7, 11) is 0. The van der Waals surface area contributed by atoms with Gasteiger partial charge in [-0.05, 0) is 18.1 Å². The second-order valence-electron chi connectivity index (χ2n) is 3.22. The molecule has 3 nitrogen and oxygen atoms in total. The Balaban J connectivity index is 2.79. The number of aromatic nitrogens is 1. The van der Waals surface area contributed by atoms with Crippen LogP contribution in [0.3, 0.4) is 0 Å². The van der Waals surface area contributed by atoms with Gasteiger partial charge in [-0.2, -0.15) is 13.2 Å². The molecule has 0 aliphatic carbocycles. The van der Waals surface area contributed by atoms with Crippen LogP contribution in [0.2, 0.25) is 0 Å². The van der Waals surface area contributed by atoms with E-state index in [1.165, 1.54) is 6.20 Å². The van der Waals surface area contributed by atoms with E-state index >= 15 is 0 Å². The summed E-state index contributed by atoms with van der Waals surface area (Å²) < 4.78 is 40.4. The van der Waals surface area contributed by atoms with Gasteiger partial charge in [-0.15, -0.1) is 0 Å². The molecule has 0 aromatic carbocycles. The molecule has 0 unspecified atom stereocenters. The molecule has 0 aliphatic rings. The Labute approximate surface area is 90.9 Å². The lowest BCUT2D eigenvalue weighted by Gasteiger charge is -2.11. The normalized spacial score (nSPS) is 11.6. The van der Waals surface area contributed by atoms with Crippen molar-refractivity contribution in [2.75, 3.05) is 6.61 Å². The van der Waals surface area contributed by atoms with Crippen molar-refractivity contribution >= 4 is 0 Å². The van der Waals surface area contributed by atoms with Gasteiger partial charge in [0.15, 0.2) is 6.61 Å². The first-order valence-corrected chi connectivity index (χ1v) is 4.74. The van der Waals surface area contributed by atoms with Gasteiger partial charge in [-0.1, -0.05) is 6.92 Å². The van der Waals surface area contributed by atoms with E-state index in [9.17, 15) is 13.2 Å². The summed E-state index contributed by atoms with van der Waals surface area (Å²) in [5.74, 6) is -0.0305. The van der Waals surface area contributed by atoms with Crippen LogP contribution in [0.15, 0.2) is 12.3 Å². The van der Waals surface area contributed by atoms with E-state index in [0.717, 1.165) is 0 Å². The third-order valence-electron chi connectivity index (χ3n) is 1.92. The number of aryl methyl sites for hydroxylation is 1. The molecule has 0 aliphatic heterocycles. The summed E-state index contributed by atoms with van der Waals surface area (Å²) in [4.78, 5) is 3.74. The average Bonchev–Trinajstić information content (AvgIpc) is 2.25. The summed E-state index contributed by atoms with van der Waals surface area (Å²) in [6, 6.07) is 1.58. The molecule has 90 valence electrons. The molecule has 0 amide bonds. The highest BCUT2D eigenvalue weighted by molar-refractivity contribution is 5.29. The Morgan fingerprint density at radius 1 is 1.44 bits per heavy atom. The monoisotopic (exact) mass is 235 g/mol. The lowest BCUT2D eigenvalue weighted by atomic mass is 10.1. The number of aliphatic hydroxyl groups excluding tert-OH is 1. The fraction of sp³-hybridized carbons (Fsp3) is 0.500. The zero-order valence-corrected chi connectivity index (χ0v) is 8.71. The molecule has 6 heteroatoms. The highest BCUT2D eigenvalue weighted by Crippen LogP contribution is 2.21. The van der Waals surface area contributed by atoms with Gasteiger partial charge < -0.3 is 9.84 Å². The van der Waals surface area contributed by atoms with Crippen molar-refractivity contribution < 1.29 is 23.0 Å². The molecule has 16 heavy (non-hydrogen) atoms. The molecule has 0 saturated heterocycles. The number of halogens is 3. The molecule has 0 bridgehead atoms. The Hall–Kier alpha value is -1.30. The van der Waals surface area contributed by atoms with Crippen molar-refractivity contribution in [2.24, 2.45) is 0 Å². The number of nitrogens with zero attached hydrogens (tertiary/aromatic N) is 1. The van der Waals surface area contributed by atoms with E-state index in [4.69, 9.17) is 5.11 Å². The number of pyridine rings is 1. The SMILES string of the molecule is CCc1cc(CO)cnc1OCC(F)(F)F. The number of aliphatic hydroxyl groups is 1. The minimum Gasteiger partial charge on any atom is -0.468 e. The van der Waals surface area contributed by atoms with E-state index in [-0.39, 0.29) is 12.5 Å². The zero-order valence-electron chi connectivity index (χ0n) is 8.71.